The summed E-state index contributed by atoms with van der Waals surface area (Å²) in [4.78, 5) is 8.24. The number of sulfone groups is 1. The lowest BCUT2D eigenvalue weighted by Crippen LogP contribution is -2.18. The molecule has 0 saturated heterocycles. The van der Waals surface area contributed by atoms with Gasteiger partial charge in [-0.1, -0.05) is 24.3 Å². The van der Waals surface area contributed by atoms with Crippen molar-refractivity contribution in [1.29, 1.82) is 0 Å². The van der Waals surface area contributed by atoms with Gasteiger partial charge in [0.05, 0.1) is 35.8 Å². The third-order valence-electron chi connectivity index (χ3n) is 5.00. The molecule has 0 unspecified atom stereocenters. The first-order chi connectivity index (χ1) is 16.6. The normalized spacial score (nSPS) is 11.7. The van der Waals surface area contributed by atoms with Crippen molar-refractivity contribution in [3.63, 3.8) is 0 Å². The Morgan fingerprint density at radius 3 is 1.94 bits per heavy atom. The molecule has 12 heteroatoms. The van der Waals surface area contributed by atoms with Gasteiger partial charge in [0, 0.05) is 12.3 Å². The van der Waals surface area contributed by atoms with Crippen molar-refractivity contribution in [3.05, 3.63) is 66.7 Å². The number of hydrogen-bond acceptors (Lipinski definition) is 9. The Kier molecular flexibility index (Phi) is 6.50. The smallest absolute Gasteiger partial charge is 0.264 e. The van der Waals surface area contributed by atoms with Crippen LogP contribution in [-0.2, 0) is 19.9 Å². The zero-order valence-corrected chi connectivity index (χ0v) is 20.6. The SMILES string of the molecule is COc1ccc(OC)c(Nc2nc3ccccc3nc2NS(=O)(=O)c2ccccc2S(C)(=O)=O)c1. The predicted octanol–water partition coefficient (Wildman–Crippen LogP) is 3.59. The van der Waals surface area contributed by atoms with Crippen LogP contribution in [0.3, 0.4) is 0 Å². The molecule has 0 aliphatic rings. The van der Waals surface area contributed by atoms with Gasteiger partial charge in [-0.05, 0) is 36.4 Å². The van der Waals surface area contributed by atoms with Crippen molar-refractivity contribution in [2.75, 3.05) is 30.5 Å². The Morgan fingerprint density at radius 2 is 1.34 bits per heavy atom. The molecule has 35 heavy (non-hydrogen) atoms. The molecule has 0 spiro atoms. The van der Waals surface area contributed by atoms with E-state index in [0.717, 1.165) is 6.26 Å². The molecule has 0 bridgehead atoms. The summed E-state index contributed by atoms with van der Waals surface area (Å²) in [5.74, 6) is 0.941. The van der Waals surface area contributed by atoms with Crippen LogP contribution in [0.2, 0.25) is 0 Å². The van der Waals surface area contributed by atoms with E-state index in [2.05, 4.69) is 20.0 Å². The number of hydrogen-bond donors (Lipinski definition) is 2. The number of nitrogens with zero attached hydrogens (tertiary/aromatic N) is 2. The third-order valence-corrected chi connectivity index (χ3v) is 7.68. The van der Waals surface area contributed by atoms with Crippen LogP contribution in [0.4, 0.5) is 17.3 Å². The Balaban J connectivity index is 1.85. The molecule has 2 N–H and O–H groups in total. The van der Waals surface area contributed by atoms with Gasteiger partial charge in [-0.25, -0.2) is 26.8 Å². The Labute approximate surface area is 202 Å². The number of para-hydroxylation sites is 2. The number of ether oxygens (including phenoxy) is 2. The molecule has 0 aliphatic heterocycles. The number of anilines is 3. The molecular formula is C23H22N4O6S2. The van der Waals surface area contributed by atoms with Gasteiger partial charge in [0.15, 0.2) is 21.5 Å². The molecule has 0 saturated carbocycles. The maximum Gasteiger partial charge on any atom is 0.264 e. The molecule has 0 radical (unpaired) electrons. The standard InChI is InChI=1S/C23H22N4O6S2/c1-32-15-12-13-19(33-2)18(14-15)26-22-23(25-17-9-5-4-8-16(17)24-22)27-35(30,31)21-11-7-6-10-20(21)34(3,28)29/h4-14H,1-3H3,(H,24,26)(H,25,27). The molecule has 10 nitrogen and oxygen atoms in total. The minimum absolute atomic E-state index is 0.0793. The van der Waals surface area contributed by atoms with Gasteiger partial charge in [0.25, 0.3) is 10.0 Å². The fraction of sp³-hybridized carbons (Fsp3) is 0.130. The first kappa shape index (κ1) is 24.2. The number of rotatable bonds is 8. The predicted molar refractivity (Wildman–Crippen MR) is 133 cm³/mol. The zero-order chi connectivity index (χ0) is 25.2. The highest BCUT2D eigenvalue weighted by Gasteiger charge is 2.26. The van der Waals surface area contributed by atoms with Crippen LogP contribution in [-0.4, -0.2) is 47.3 Å². The van der Waals surface area contributed by atoms with E-state index in [1.807, 2.05) is 0 Å². The van der Waals surface area contributed by atoms with E-state index in [1.165, 1.54) is 38.5 Å². The highest BCUT2D eigenvalue weighted by Crippen LogP contribution is 2.34. The maximum atomic E-state index is 13.3. The van der Waals surface area contributed by atoms with Crippen molar-refractivity contribution in [1.82, 2.24) is 9.97 Å². The Bertz CT molecular complexity index is 1620. The van der Waals surface area contributed by atoms with Crippen molar-refractivity contribution in [2.24, 2.45) is 0 Å². The van der Waals surface area contributed by atoms with E-state index in [-0.39, 0.29) is 16.5 Å². The highest BCUT2D eigenvalue weighted by molar-refractivity contribution is 7.95. The lowest BCUT2D eigenvalue weighted by Gasteiger charge is -2.16. The minimum Gasteiger partial charge on any atom is -0.497 e. The van der Waals surface area contributed by atoms with Crippen LogP contribution < -0.4 is 19.5 Å². The van der Waals surface area contributed by atoms with Crippen LogP contribution in [0, 0.1) is 0 Å². The van der Waals surface area contributed by atoms with Crippen LogP contribution in [0.5, 0.6) is 11.5 Å². The molecule has 0 amide bonds. The number of sulfonamides is 1. The summed E-state index contributed by atoms with van der Waals surface area (Å²) in [6.07, 6.45) is 0.944. The number of nitrogens with one attached hydrogen (secondary N) is 2. The number of fused-ring (bicyclic) bond motifs is 1. The van der Waals surface area contributed by atoms with Gasteiger partial charge < -0.3 is 14.8 Å². The summed E-state index contributed by atoms with van der Waals surface area (Å²) < 4.78 is 64.1. The summed E-state index contributed by atoms with van der Waals surface area (Å²) in [5, 5.41) is 3.05. The van der Waals surface area contributed by atoms with Crippen molar-refractivity contribution >= 4 is 48.2 Å². The fourth-order valence-corrected chi connectivity index (χ4v) is 6.00. The summed E-state index contributed by atoms with van der Waals surface area (Å²) in [7, 11) is -5.18. The monoisotopic (exact) mass is 514 g/mol. The molecule has 3 aromatic carbocycles. The molecular weight excluding hydrogens is 492 g/mol. The molecule has 0 aliphatic carbocycles. The van der Waals surface area contributed by atoms with Crippen molar-refractivity contribution in [2.45, 2.75) is 9.79 Å². The minimum atomic E-state index is -4.37. The topological polar surface area (TPSA) is 137 Å². The Hall–Kier alpha value is -3.90. The van der Waals surface area contributed by atoms with Gasteiger partial charge in [0.1, 0.15) is 16.4 Å². The second kappa shape index (κ2) is 9.39. The van der Waals surface area contributed by atoms with E-state index in [1.54, 1.807) is 42.5 Å². The molecule has 4 aromatic rings. The van der Waals surface area contributed by atoms with Crippen LogP contribution in [0.15, 0.2) is 76.5 Å². The lowest BCUT2D eigenvalue weighted by atomic mass is 10.2. The third kappa shape index (κ3) is 5.12. The van der Waals surface area contributed by atoms with E-state index in [0.29, 0.717) is 28.2 Å². The van der Waals surface area contributed by atoms with Crippen molar-refractivity contribution < 1.29 is 26.3 Å². The van der Waals surface area contributed by atoms with Gasteiger partial charge >= 0.3 is 0 Å². The van der Waals surface area contributed by atoms with Crippen LogP contribution in [0.1, 0.15) is 0 Å². The first-order valence-corrected chi connectivity index (χ1v) is 13.6. The van der Waals surface area contributed by atoms with Gasteiger partial charge in [-0.2, -0.15) is 0 Å². The van der Waals surface area contributed by atoms with E-state index >= 15 is 0 Å². The van der Waals surface area contributed by atoms with Crippen molar-refractivity contribution in [3.8, 4) is 11.5 Å². The summed E-state index contributed by atoms with van der Waals surface area (Å²) in [6.45, 7) is 0. The molecule has 1 aromatic heterocycles. The quantitative estimate of drug-likeness (QED) is 0.361. The van der Waals surface area contributed by atoms with Gasteiger partial charge in [-0.15, -0.1) is 0 Å². The largest absolute Gasteiger partial charge is 0.497 e. The number of methoxy groups -OCH3 is 2. The molecule has 182 valence electrons. The second-order valence-corrected chi connectivity index (χ2v) is 11.1. The molecule has 1 heterocycles. The van der Waals surface area contributed by atoms with E-state index < -0.39 is 24.8 Å². The second-order valence-electron chi connectivity index (χ2n) is 7.43. The van der Waals surface area contributed by atoms with Crippen LogP contribution >= 0.6 is 0 Å². The molecule has 0 fully saturated rings. The fourth-order valence-electron chi connectivity index (χ4n) is 3.36. The summed E-state index contributed by atoms with van der Waals surface area (Å²) in [6, 6.07) is 17.3. The van der Waals surface area contributed by atoms with Gasteiger partial charge in [0.2, 0.25) is 0 Å². The molecule has 0 atom stereocenters. The highest BCUT2D eigenvalue weighted by atomic mass is 32.2. The maximum absolute atomic E-state index is 13.3. The lowest BCUT2D eigenvalue weighted by molar-refractivity contribution is 0.405. The molecule has 4 rings (SSSR count). The summed E-state index contributed by atoms with van der Waals surface area (Å²) in [5.41, 5.74) is 1.40. The summed E-state index contributed by atoms with van der Waals surface area (Å²) >= 11 is 0. The van der Waals surface area contributed by atoms with Crippen LogP contribution in [0.25, 0.3) is 11.0 Å². The first-order valence-electron chi connectivity index (χ1n) is 10.2. The van der Waals surface area contributed by atoms with E-state index in [9.17, 15) is 16.8 Å². The average molecular weight is 515 g/mol. The Morgan fingerprint density at radius 1 is 0.743 bits per heavy atom. The average Bonchev–Trinajstić information content (AvgIpc) is 2.83. The van der Waals surface area contributed by atoms with Gasteiger partial charge in [-0.3, -0.25) is 4.72 Å². The number of benzene rings is 3. The van der Waals surface area contributed by atoms with E-state index in [4.69, 9.17) is 9.47 Å². The number of aromatic nitrogens is 2. The zero-order valence-electron chi connectivity index (χ0n) is 19.0.